The Balaban J connectivity index is 1.18. The van der Waals surface area contributed by atoms with Crippen LogP contribution in [0.2, 0.25) is 0 Å². The van der Waals surface area contributed by atoms with E-state index in [0.717, 1.165) is 35.1 Å². The third-order valence-electron chi connectivity index (χ3n) is 6.62. The van der Waals surface area contributed by atoms with Crippen molar-refractivity contribution < 1.29 is 13.9 Å². The van der Waals surface area contributed by atoms with Crippen LogP contribution < -0.4 is 10.1 Å². The molecule has 1 N–H and O–H groups in total. The molecular formula is C24H24N4O3S. The van der Waals surface area contributed by atoms with Crippen LogP contribution in [-0.4, -0.2) is 38.9 Å². The van der Waals surface area contributed by atoms with Gasteiger partial charge in [0.25, 0.3) is 5.19 Å². The molecule has 0 saturated carbocycles. The Hall–Kier alpha value is -2.97. The molecule has 32 heavy (non-hydrogen) atoms. The molecule has 5 heterocycles. The summed E-state index contributed by atoms with van der Waals surface area (Å²) < 4.78 is 12.9. The van der Waals surface area contributed by atoms with Crippen molar-refractivity contribution >= 4 is 38.6 Å². The predicted molar refractivity (Wildman–Crippen MR) is 123 cm³/mol. The van der Waals surface area contributed by atoms with Crippen molar-refractivity contribution in [2.75, 3.05) is 0 Å². The molecule has 0 aliphatic carbocycles. The number of furan rings is 1. The molecule has 7 nitrogen and oxygen atoms in total. The van der Waals surface area contributed by atoms with E-state index < -0.39 is 0 Å². The molecule has 3 aromatic heterocycles. The molecule has 2 bridgehead atoms. The largest absolute Gasteiger partial charge is 0.464 e. The molecule has 0 spiro atoms. The van der Waals surface area contributed by atoms with Gasteiger partial charge >= 0.3 is 0 Å². The highest BCUT2D eigenvalue weighted by molar-refractivity contribution is 7.20. The van der Waals surface area contributed by atoms with Gasteiger partial charge < -0.3 is 14.5 Å². The summed E-state index contributed by atoms with van der Waals surface area (Å²) in [6.07, 6.45) is 8.06. The Morgan fingerprint density at radius 1 is 1.28 bits per heavy atom. The zero-order chi connectivity index (χ0) is 21.7. The fourth-order valence-corrected chi connectivity index (χ4v) is 6.07. The summed E-state index contributed by atoms with van der Waals surface area (Å²) in [4.78, 5) is 22.8. The first kappa shape index (κ1) is 19.7. The Kier molecular flexibility index (Phi) is 4.84. The molecule has 6 rings (SSSR count). The predicted octanol–water partition coefficient (Wildman–Crippen LogP) is 4.86. The van der Waals surface area contributed by atoms with Crippen LogP contribution in [0.5, 0.6) is 10.9 Å². The van der Waals surface area contributed by atoms with Gasteiger partial charge in [-0.05, 0) is 49.9 Å². The molecule has 2 aliphatic heterocycles. The standard InChI is InChI=1S/C24H24N4O3S/c1-14(29)26-16-9-17-4-5-18(10-16)28(17)12-15-13-30-21-11-19(6-7-20(15)21)31-24-27-23-22(32-24)3-2-8-25-23/h2-3,6-8,11,13,16-18H,4-5,9-10,12H2,1H3,(H,26,29). The summed E-state index contributed by atoms with van der Waals surface area (Å²) in [6.45, 7) is 2.48. The van der Waals surface area contributed by atoms with E-state index in [4.69, 9.17) is 9.15 Å². The third-order valence-corrected chi connectivity index (χ3v) is 7.51. The number of pyridine rings is 1. The van der Waals surface area contributed by atoms with Crippen molar-refractivity contribution in [1.82, 2.24) is 20.2 Å². The van der Waals surface area contributed by atoms with Crippen LogP contribution in [0, 0.1) is 0 Å². The first-order chi connectivity index (χ1) is 15.6. The quantitative estimate of drug-likeness (QED) is 0.470. The first-order valence-corrected chi connectivity index (χ1v) is 11.9. The molecule has 2 aliphatic rings. The average molecular weight is 449 g/mol. The van der Waals surface area contributed by atoms with Gasteiger partial charge in [0, 0.05) is 54.8 Å². The lowest BCUT2D eigenvalue weighted by Gasteiger charge is -2.39. The Morgan fingerprint density at radius 3 is 2.91 bits per heavy atom. The third kappa shape index (κ3) is 3.63. The second-order valence-electron chi connectivity index (χ2n) is 8.75. The Bertz CT molecular complexity index is 1250. The second-order valence-corrected chi connectivity index (χ2v) is 9.75. The van der Waals surface area contributed by atoms with E-state index in [0.29, 0.717) is 34.7 Å². The number of amides is 1. The van der Waals surface area contributed by atoms with E-state index >= 15 is 0 Å². The number of rotatable bonds is 5. The zero-order valence-electron chi connectivity index (χ0n) is 17.8. The van der Waals surface area contributed by atoms with Crippen molar-refractivity contribution in [3.05, 3.63) is 48.4 Å². The average Bonchev–Trinajstić information content (AvgIpc) is 3.42. The van der Waals surface area contributed by atoms with Crippen LogP contribution in [0.4, 0.5) is 0 Å². The lowest BCUT2D eigenvalue weighted by atomic mass is 9.96. The van der Waals surface area contributed by atoms with Crippen LogP contribution >= 0.6 is 11.3 Å². The van der Waals surface area contributed by atoms with E-state index in [1.807, 2.05) is 30.5 Å². The van der Waals surface area contributed by atoms with Gasteiger partial charge in [-0.3, -0.25) is 9.69 Å². The highest BCUT2D eigenvalue weighted by Crippen LogP contribution is 2.38. The number of benzene rings is 1. The molecule has 1 amide bonds. The lowest BCUT2D eigenvalue weighted by Crippen LogP contribution is -2.49. The van der Waals surface area contributed by atoms with Gasteiger partial charge in [0.05, 0.1) is 11.0 Å². The van der Waals surface area contributed by atoms with Crippen molar-refractivity contribution in [2.45, 2.75) is 57.3 Å². The van der Waals surface area contributed by atoms with Gasteiger partial charge in [0.15, 0.2) is 5.65 Å². The second kappa shape index (κ2) is 7.86. The fourth-order valence-electron chi connectivity index (χ4n) is 5.28. The molecule has 8 heteroatoms. The summed E-state index contributed by atoms with van der Waals surface area (Å²) in [7, 11) is 0. The van der Waals surface area contributed by atoms with Crippen LogP contribution in [0.25, 0.3) is 21.3 Å². The highest BCUT2D eigenvalue weighted by Gasteiger charge is 2.41. The topological polar surface area (TPSA) is 80.5 Å². The number of carbonyl (C=O) groups excluding carboxylic acids is 1. The molecule has 2 fully saturated rings. The van der Waals surface area contributed by atoms with Crippen LogP contribution in [0.1, 0.15) is 38.2 Å². The number of nitrogens with one attached hydrogen (secondary N) is 1. The summed E-state index contributed by atoms with van der Waals surface area (Å²) in [5, 5.41) is 4.81. The van der Waals surface area contributed by atoms with E-state index in [1.165, 1.54) is 29.7 Å². The SMILES string of the molecule is CC(=O)NC1CC2CCC(C1)N2Cc1coc2cc(Oc3nc4ncccc4s3)ccc12. The summed E-state index contributed by atoms with van der Waals surface area (Å²) in [5.74, 6) is 0.775. The minimum atomic E-state index is 0.0730. The van der Waals surface area contributed by atoms with Crippen molar-refractivity contribution in [3.63, 3.8) is 0 Å². The van der Waals surface area contributed by atoms with Gasteiger partial charge in [-0.2, -0.15) is 4.98 Å². The minimum Gasteiger partial charge on any atom is -0.464 e. The Labute approximate surface area is 189 Å². The summed E-state index contributed by atoms with van der Waals surface area (Å²) in [5.41, 5.74) is 2.72. The maximum absolute atomic E-state index is 11.5. The number of hydrogen-bond acceptors (Lipinski definition) is 7. The summed E-state index contributed by atoms with van der Waals surface area (Å²) in [6, 6.07) is 11.2. The molecular weight excluding hydrogens is 424 g/mol. The molecule has 4 aromatic rings. The number of piperidine rings is 1. The van der Waals surface area contributed by atoms with Crippen molar-refractivity contribution in [2.24, 2.45) is 0 Å². The fraction of sp³-hybridized carbons (Fsp3) is 0.375. The van der Waals surface area contributed by atoms with Gasteiger partial charge in [0.2, 0.25) is 5.91 Å². The lowest BCUT2D eigenvalue weighted by molar-refractivity contribution is -0.120. The van der Waals surface area contributed by atoms with E-state index in [9.17, 15) is 4.79 Å². The molecule has 164 valence electrons. The number of fused-ring (bicyclic) bond motifs is 4. The van der Waals surface area contributed by atoms with Crippen molar-refractivity contribution in [3.8, 4) is 10.9 Å². The highest BCUT2D eigenvalue weighted by atomic mass is 32.1. The monoisotopic (exact) mass is 448 g/mol. The van der Waals surface area contributed by atoms with Gasteiger partial charge in [-0.25, -0.2) is 4.98 Å². The maximum Gasteiger partial charge on any atom is 0.281 e. The van der Waals surface area contributed by atoms with E-state index in [-0.39, 0.29) is 5.91 Å². The van der Waals surface area contributed by atoms with Gasteiger partial charge in [-0.1, -0.05) is 11.3 Å². The number of carbonyl (C=O) groups is 1. The molecule has 1 aromatic carbocycles. The molecule has 2 unspecified atom stereocenters. The molecule has 2 saturated heterocycles. The number of nitrogens with zero attached hydrogens (tertiary/aromatic N) is 3. The van der Waals surface area contributed by atoms with E-state index in [1.54, 1.807) is 13.1 Å². The maximum atomic E-state index is 11.5. The van der Waals surface area contributed by atoms with Gasteiger partial charge in [0.1, 0.15) is 11.3 Å². The number of aromatic nitrogens is 2. The van der Waals surface area contributed by atoms with E-state index in [2.05, 4.69) is 26.3 Å². The first-order valence-electron chi connectivity index (χ1n) is 11.0. The molecule has 2 atom stereocenters. The zero-order valence-corrected chi connectivity index (χ0v) is 18.6. The Morgan fingerprint density at radius 2 is 2.12 bits per heavy atom. The van der Waals surface area contributed by atoms with Crippen molar-refractivity contribution in [1.29, 1.82) is 0 Å². The normalized spacial score (nSPS) is 23.1. The van der Waals surface area contributed by atoms with Crippen LogP contribution in [0.3, 0.4) is 0 Å². The van der Waals surface area contributed by atoms with Crippen LogP contribution in [-0.2, 0) is 11.3 Å². The summed E-state index contributed by atoms with van der Waals surface area (Å²) >= 11 is 1.48. The minimum absolute atomic E-state index is 0.0730. The smallest absolute Gasteiger partial charge is 0.281 e. The molecule has 0 radical (unpaired) electrons. The van der Waals surface area contributed by atoms with Gasteiger partial charge in [-0.15, -0.1) is 0 Å². The number of ether oxygens (including phenoxy) is 1. The number of hydrogen-bond donors (Lipinski definition) is 1. The number of thiazole rings is 1. The van der Waals surface area contributed by atoms with Crippen LogP contribution in [0.15, 0.2) is 47.2 Å².